The molecule has 0 saturated carbocycles. The van der Waals surface area contributed by atoms with Crippen LogP contribution in [0.3, 0.4) is 0 Å². The van der Waals surface area contributed by atoms with Gasteiger partial charge in [0.25, 0.3) is 0 Å². The standard InChI is InChI=1S/C11H14N4OS/c1-3-16-4-2-11(1)7-17-10(15-11)14-9-5-12-8-13-6-9/h5-6,8H,1-4,7H2,(H,14,15). The summed E-state index contributed by atoms with van der Waals surface area (Å²) in [4.78, 5) is 12.8. The van der Waals surface area contributed by atoms with E-state index in [1.165, 1.54) is 6.33 Å². The van der Waals surface area contributed by atoms with Crippen molar-refractivity contribution in [2.75, 3.05) is 24.3 Å². The largest absolute Gasteiger partial charge is 0.381 e. The van der Waals surface area contributed by atoms with Crippen LogP contribution in [0.2, 0.25) is 0 Å². The molecule has 0 aliphatic carbocycles. The number of hydrogen-bond acceptors (Lipinski definition) is 6. The maximum atomic E-state index is 5.39. The fourth-order valence-corrected chi connectivity index (χ4v) is 3.25. The van der Waals surface area contributed by atoms with Crippen LogP contribution in [0.15, 0.2) is 23.7 Å². The van der Waals surface area contributed by atoms with E-state index in [4.69, 9.17) is 9.73 Å². The Labute approximate surface area is 104 Å². The SMILES string of the molecule is c1ncc(NC2=NC3(CCOCC3)CS2)cn1. The first-order valence-corrected chi connectivity index (χ1v) is 6.67. The fraction of sp³-hybridized carbons (Fsp3) is 0.545. The number of ether oxygens (including phenoxy) is 1. The summed E-state index contributed by atoms with van der Waals surface area (Å²) in [6.45, 7) is 1.65. The number of anilines is 1. The molecule has 5 nitrogen and oxygen atoms in total. The third-order valence-electron chi connectivity index (χ3n) is 3.05. The van der Waals surface area contributed by atoms with E-state index in [9.17, 15) is 0 Å². The van der Waals surface area contributed by atoms with Gasteiger partial charge in [0.1, 0.15) is 6.33 Å². The highest BCUT2D eigenvalue weighted by molar-refractivity contribution is 8.14. The second-order valence-electron chi connectivity index (χ2n) is 4.29. The zero-order valence-electron chi connectivity index (χ0n) is 9.43. The molecule has 1 spiro atoms. The molecule has 1 saturated heterocycles. The van der Waals surface area contributed by atoms with Gasteiger partial charge in [-0.15, -0.1) is 0 Å². The maximum absolute atomic E-state index is 5.39. The zero-order valence-corrected chi connectivity index (χ0v) is 10.2. The van der Waals surface area contributed by atoms with Crippen molar-refractivity contribution in [3.05, 3.63) is 18.7 Å². The van der Waals surface area contributed by atoms with Crippen LogP contribution in [0, 0.1) is 0 Å². The van der Waals surface area contributed by atoms with Gasteiger partial charge in [-0.3, -0.25) is 4.99 Å². The fourth-order valence-electron chi connectivity index (χ4n) is 2.04. The first-order valence-electron chi connectivity index (χ1n) is 5.69. The summed E-state index contributed by atoms with van der Waals surface area (Å²) in [5, 5.41) is 4.23. The molecule has 0 atom stereocenters. The average molecular weight is 250 g/mol. The summed E-state index contributed by atoms with van der Waals surface area (Å²) in [6, 6.07) is 0. The van der Waals surface area contributed by atoms with Crippen molar-refractivity contribution in [3.63, 3.8) is 0 Å². The Bertz CT molecular complexity index is 417. The molecule has 1 N–H and O–H groups in total. The molecule has 0 unspecified atom stereocenters. The van der Waals surface area contributed by atoms with Crippen LogP contribution in [-0.2, 0) is 4.74 Å². The molecule has 1 fully saturated rings. The number of aromatic nitrogens is 2. The summed E-state index contributed by atoms with van der Waals surface area (Å²) < 4.78 is 5.39. The highest BCUT2D eigenvalue weighted by Gasteiger charge is 2.37. The van der Waals surface area contributed by atoms with Gasteiger partial charge in [-0.2, -0.15) is 0 Å². The van der Waals surface area contributed by atoms with E-state index >= 15 is 0 Å². The van der Waals surface area contributed by atoms with Crippen molar-refractivity contribution in [1.29, 1.82) is 0 Å². The number of thioether (sulfide) groups is 1. The van der Waals surface area contributed by atoms with Gasteiger partial charge in [-0.1, -0.05) is 11.8 Å². The lowest BCUT2D eigenvalue weighted by Crippen LogP contribution is -2.34. The van der Waals surface area contributed by atoms with E-state index in [0.717, 1.165) is 42.7 Å². The lowest BCUT2D eigenvalue weighted by atomic mass is 9.93. The maximum Gasteiger partial charge on any atom is 0.161 e. The van der Waals surface area contributed by atoms with Crippen LogP contribution in [-0.4, -0.2) is 39.6 Å². The average Bonchev–Trinajstić information content (AvgIpc) is 2.74. The summed E-state index contributed by atoms with van der Waals surface area (Å²) >= 11 is 1.77. The molecule has 3 rings (SSSR count). The predicted molar refractivity (Wildman–Crippen MR) is 68.3 cm³/mol. The van der Waals surface area contributed by atoms with Crippen LogP contribution < -0.4 is 5.32 Å². The van der Waals surface area contributed by atoms with Gasteiger partial charge in [-0.25, -0.2) is 9.97 Å². The Morgan fingerprint density at radius 1 is 1.24 bits per heavy atom. The van der Waals surface area contributed by atoms with E-state index in [2.05, 4.69) is 15.3 Å². The van der Waals surface area contributed by atoms with Gasteiger partial charge in [0.15, 0.2) is 5.17 Å². The van der Waals surface area contributed by atoms with Crippen molar-refractivity contribution in [3.8, 4) is 0 Å². The monoisotopic (exact) mass is 250 g/mol. The minimum atomic E-state index is 0.0981. The summed E-state index contributed by atoms with van der Waals surface area (Å²) in [5.41, 5.74) is 0.990. The van der Waals surface area contributed by atoms with Crippen molar-refractivity contribution >= 4 is 22.6 Å². The summed E-state index contributed by atoms with van der Waals surface area (Å²) in [6.07, 6.45) is 7.08. The topological polar surface area (TPSA) is 59.4 Å². The van der Waals surface area contributed by atoms with E-state index in [-0.39, 0.29) is 5.54 Å². The smallest absolute Gasteiger partial charge is 0.161 e. The number of nitrogens with one attached hydrogen (secondary N) is 1. The van der Waals surface area contributed by atoms with Gasteiger partial charge in [0, 0.05) is 19.0 Å². The molecule has 3 heterocycles. The van der Waals surface area contributed by atoms with E-state index in [0.29, 0.717) is 0 Å². The van der Waals surface area contributed by atoms with Crippen LogP contribution in [0.5, 0.6) is 0 Å². The summed E-state index contributed by atoms with van der Waals surface area (Å²) in [5.74, 6) is 1.05. The summed E-state index contributed by atoms with van der Waals surface area (Å²) in [7, 11) is 0. The third kappa shape index (κ3) is 2.42. The first-order chi connectivity index (χ1) is 8.36. The van der Waals surface area contributed by atoms with Gasteiger partial charge in [0.2, 0.25) is 0 Å². The molecular weight excluding hydrogens is 236 g/mol. The number of nitrogens with zero attached hydrogens (tertiary/aromatic N) is 3. The predicted octanol–water partition coefficient (Wildman–Crippen LogP) is 1.54. The molecular formula is C11H14N4OS. The van der Waals surface area contributed by atoms with Gasteiger partial charge in [-0.05, 0) is 12.8 Å². The lowest BCUT2D eigenvalue weighted by molar-refractivity contribution is 0.0624. The second kappa shape index (κ2) is 4.62. The van der Waals surface area contributed by atoms with E-state index in [1.807, 2.05) is 0 Å². The minimum Gasteiger partial charge on any atom is -0.381 e. The molecule has 90 valence electrons. The third-order valence-corrected chi connectivity index (χ3v) is 4.20. The normalized spacial score (nSPS) is 22.5. The molecule has 1 aromatic rings. The molecule has 2 aliphatic heterocycles. The number of amidine groups is 1. The first kappa shape index (κ1) is 11.0. The Hall–Kier alpha value is -1.14. The van der Waals surface area contributed by atoms with Gasteiger partial charge in [0.05, 0.1) is 23.6 Å². The highest BCUT2D eigenvalue weighted by Crippen LogP contribution is 2.35. The quantitative estimate of drug-likeness (QED) is 0.819. The number of rotatable bonds is 1. The number of hydrogen-bond donors (Lipinski definition) is 1. The van der Waals surface area contributed by atoms with Crippen LogP contribution in [0.4, 0.5) is 5.69 Å². The molecule has 2 aliphatic rings. The van der Waals surface area contributed by atoms with Crippen LogP contribution >= 0.6 is 11.8 Å². The molecule has 0 bridgehead atoms. The van der Waals surface area contributed by atoms with Crippen molar-refractivity contribution in [1.82, 2.24) is 9.97 Å². The minimum absolute atomic E-state index is 0.0981. The van der Waals surface area contributed by atoms with Crippen LogP contribution in [0.1, 0.15) is 12.8 Å². The van der Waals surface area contributed by atoms with Crippen LogP contribution in [0.25, 0.3) is 0 Å². The Morgan fingerprint density at radius 2 is 2.00 bits per heavy atom. The van der Waals surface area contributed by atoms with Crippen molar-refractivity contribution in [2.24, 2.45) is 4.99 Å². The lowest BCUT2D eigenvalue weighted by Gasteiger charge is -2.29. The van der Waals surface area contributed by atoms with Gasteiger partial charge >= 0.3 is 0 Å². The van der Waals surface area contributed by atoms with E-state index < -0.39 is 0 Å². The zero-order chi connectivity index (χ0) is 11.6. The molecule has 6 heteroatoms. The second-order valence-corrected chi connectivity index (χ2v) is 5.26. The molecule has 0 amide bonds. The van der Waals surface area contributed by atoms with Gasteiger partial charge < -0.3 is 10.1 Å². The Balaban J connectivity index is 1.71. The Kier molecular flexibility index (Phi) is 2.98. The molecule has 1 aromatic heterocycles. The van der Waals surface area contributed by atoms with Crippen molar-refractivity contribution in [2.45, 2.75) is 18.4 Å². The highest BCUT2D eigenvalue weighted by atomic mass is 32.2. The number of aliphatic imine (C=N–C) groups is 1. The molecule has 0 radical (unpaired) electrons. The Morgan fingerprint density at radius 3 is 2.76 bits per heavy atom. The van der Waals surface area contributed by atoms with Crippen molar-refractivity contribution < 1.29 is 4.74 Å². The molecule has 17 heavy (non-hydrogen) atoms. The molecule has 0 aromatic carbocycles. The van der Waals surface area contributed by atoms with E-state index in [1.54, 1.807) is 24.2 Å².